The first-order chi connectivity index (χ1) is 19.8. The van der Waals surface area contributed by atoms with Crippen LogP contribution in [0, 0.1) is 5.92 Å². The summed E-state index contributed by atoms with van der Waals surface area (Å²) >= 11 is 0. The fourth-order valence-corrected chi connectivity index (χ4v) is 5.85. The Bertz CT molecular complexity index is 1420. The zero-order chi connectivity index (χ0) is 29.1. The topological polar surface area (TPSA) is 82.2 Å². The summed E-state index contributed by atoms with van der Waals surface area (Å²) in [6.45, 7) is 7.91. The number of rotatable bonds is 9. The molecule has 1 saturated heterocycles. The van der Waals surface area contributed by atoms with Gasteiger partial charge in [-0.25, -0.2) is 0 Å². The second kappa shape index (κ2) is 12.0. The van der Waals surface area contributed by atoms with Gasteiger partial charge < -0.3 is 24.8 Å². The predicted octanol–water partition coefficient (Wildman–Crippen LogP) is 5.40. The normalized spacial score (nSPS) is 18.3. The summed E-state index contributed by atoms with van der Waals surface area (Å²) in [6.07, 6.45) is 1.05. The Hall–Kier alpha value is -4.33. The van der Waals surface area contributed by atoms with Crippen molar-refractivity contribution in [3.8, 4) is 5.75 Å². The van der Waals surface area contributed by atoms with Crippen molar-refractivity contribution >= 4 is 29.1 Å². The average molecular weight is 555 g/mol. The van der Waals surface area contributed by atoms with Gasteiger partial charge in [-0.1, -0.05) is 57.5 Å². The lowest BCUT2D eigenvalue weighted by atomic mass is 9.95. The Morgan fingerprint density at radius 1 is 1.02 bits per heavy atom. The number of nitrogens with one attached hydrogen (secondary N) is 1. The highest BCUT2D eigenvalue weighted by atomic mass is 16.5. The van der Waals surface area contributed by atoms with Gasteiger partial charge >= 0.3 is 0 Å². The zero-order valence-electron chi connectivity index (χ0n) is 24.2. The maximum Gasteiger partial charge on any atom is 0.258 e. The number of amides is 3. The molecular formula is C33H38N4O4. The minimum absolute atomic E-state index is 0.0410. The Morgan fingerprint density at radius 2 is 1.80 bits per heavy atom. The molecule has 2 aliphatic rings. The molecule has 8 nitrogen and oxygen atoms in total. The molecule has 0 bridgehead atoms. The standard InChI is InChI=1S/C33H38N4O4/c1-5-10-29-33(40)35(20-23-11-9-14-26(17-23)41-4)21-30-36(19-22(2)3)28-16-15-25(18-27(28)32(39)37(29)30)34-31(38)24-12-7-6-8-13-24/h6-9,11-18,22,29-30H,5,10,19-21H2,1-4H3,(H,34,38)/t29-,30+/m0/s1. The van der Waals surface area contributed by atoms with Crippen LogP contribution in [-0.2, 0) is 11.3 Å². The largest absolute Gasteiger partial charge is 0.497 e. The van der Waals surface area contributed by atoms with E-state index in [2.05, 4.69) is 24.1 Å². The summed E-state index contributed by atoms with van der Waals surface area (Å²) in [5.74, 6) is 0.617. The van der Waals surface area contributed by atoms with Crippen molar-refractivity contribution in [1.82, 2.24) is 9.80 Å². The van der Waals surface area contributed by atoms with Crippen LogP contribution in [0.2, 0.25) is 0 Å². The average Bonchev–Trinajstić information content (AvgIpc) is 2.97. The molecule has 2 heterocycles. The smallest absolute Gasteiger partial charge is 0.258 e. The van der Waals surface area contributed by atoms with Gasteiger partial charge in [-0.15, -0.1) is 0 Å². The van der Waals surface area contributed by atoms with Crippen LogP contribution in [0.5, 0.6) is 5.75 Å². The summed E-state index contributed by atoms with van der Waals surface area (Å²) in [5.41, 5.74) is 3.40. The van der Waals surface area contributed by atoms with Gasteiger partial charge in [0.1, 0.15) is 18.0 Å². The van der Waals surface area contributed by atoms with Gasteiger partial charge in [-0.3, -0.25) is 14.4 Å². The number of methoxy groups -OCH3 is 1. The zero-order valence-corrected chi connectivity index (χ0v) is 24.2. The molecule has 214 valence electrons. The third-order valence-corrected chi connectivity index (χ3v) is 7.69. The van der Waals surface area contributed by atoms with Crippen molar-refractivity contribution in [3.63, 3.8) is 0 Å². The first-order valence-corrected chi connectivity index (χ1v) is 14.3. The molecule has 0 saturated carbocycles. The first-order valence-electron chi connectivity index (χ1n) is 14.3. The summed E-state index contributed by atoms with van der Waals surface area (Å²) in [5, 5.41) is 2.93. The van der Waals surface area contributed by atoms with Crippen LogP contribution in [0.25, 0.3) is 0 Å². The first kappa shape index (κ1) is 28.2. The molecule has 0 radical (unpaired) electrons. The predicted molar refractivity (Wildman–Crippen MR) is 160 cm³/mol. The number of piperazine rings is 1. The molecule has 0 aromatic heterocycles. The van der Waals surface area contributed by atoms with Crippen LogP contribution in [0.3, 0.4) is 0 Å². The molecular weight excluding hydrogens is 516 g/mol. The molecule has 3 amide bonds. The molecule has 5 rings (SSSR count). The van der Waals surface area contributed by atoms with Gasteiger partial charge in [-0.2, -0.15) is 0 Å². The van der Waals surface area contributed by atoms with Crippen molar-refractivity contribution in [2.45, 2.75) is 52.4 Å². The van der Waals surface area contributed by atoms with Crippen LogP contribution in [0.1, 0.15) is 59.9 Å². The Labute approximate surface area is 241 Å². The molecule has 0 spiro atoms. The van der Waals surface area contributed by atoms with E-state index in [0.717, 1.165) is 30.0 Å². The summed E-state index contributed by atoms with van der Waals surface area (Å²) in [4.78, 5) is 46.9. The highest BCUT2D eigenvalue weighted by Crippen LogP contribution is 2.38. The Morgan fingerprint density at radius 3 is 2.51 bits per heavy atom. The lowest BCUT2D eigenvalue weighted by Gasteiger charge is -2.53. The highest BCUT2D eigenvalue weighted by molar-refractivity contribution is 6.08. The van der Waals surface area contributed by atoms with E-state index in [4.69, 9.17) is 4.74 Å². The molecule has 2 atom stereocenters. The lowest BCUT2D eigenvalue weighted by molar-refractivity contribution is -0.144. The van der Waals surface area contributed by atoms with E-state index >= 15 is 0 Å². The summed E-state index contributed by atoms with van der Waals surface area (Å²) in [6, 6.07) is 21.7. The second-order valence-electron chi connectivity index (χ2n) is 11.2. The van der Waals surface area contributed by atoms with Gasteiger partial charge in [-0.05, 0) is 60.4 Å². The number of hydrogen-bond donors (Lipinski definition) is 1. The van der Waals surface area contributed by atoms with Crippen molar-refractivity contribution in [3.05, 3.63) is 89.5 Å². The Balaban J connectivity index is 1.50. The van der Waals surface area contributed by atoms with E-state index in [1.165, 1.54) is 0 Å². The van der Waals surface area contributed by atoms with E-state index in [1.807, 2.05) is 66.4 Å². The minimum atomic E-state index is -0.567. The maximum atomic E-state index is 14.2. The highest BCUT2D eigenvalue weighted by Gasteiger charge is 2.48. The maximum absolute atomic E-state index is 14.2. The molecule has 0 aliphatic carbocycles. The number of anilines is 2. The minimum Gasteiger partial charge on any atom is -0.497 e. The molecule has 3 aromatic rings. The number of ether oxygens (including phenoxy) is 1. The van der Waals surface area contributed by atoms with Crippen LogP contribution < -0.4 is 15.0 Å². The van der Waals surface area contributed by atoms with Gasteiger partial charge in [0.25, 0.3) is 11.8 Å². The van der Waals surface area contributed by atoms with Gasteiger partial charge in [0.05, 0.1) is 24.9 Å². The number of hydrogen-bond acceptors (Lipinski definition) is 5. The van der Waals surface area contributed by atoms with Crippen LogP contribution in [0.15, 0.2) is 72.8 Å². The molecule has 3 aromatic carbocycles. The van der Waals surface area contributed by atoms with E-state index in [-0.39, 0.29) is 23.9 Å². The molecule has 1 fully saturated rings. The number of fused-ring (bicyclic) bond motifs is 2. The van der Waals surface area contributed by atoms with E-state index in [9.17, 15) is 14.4 Å². The van der Waals surface area contributed by atoms with E-state index in [0.29, 0.717) is 42.2 Å². The number of benzene rings is 3. The van der Waals surface area contributed by atoms with E-state index < -0.39 is 6.04 Å². The second-order valence-corrected chi connectivity index (χ2v) is 11.2. The van der Waals surface area contributed by atoms with Crippen molar-refractivity contribution in [1.29, 1.82) is 0 Å². The van der Waals surface area contributed by atoms with Gasteiger partial charge in [0, 0.05) is 24.3 Å². The molecule has 8 heteroatoms. The summed E-state index contributed by atoms with van der Waals surface area (Å²) < 4.78 is 5.40. The monoisotopic (exact) mass is 554 g/mol. The van der Waals surface area contributed by atoms with Crippen LogP contribution >= 0.6 is 0 Å². The van der Waals surface area contributed by atoms with Crippen LogP contribution in [0.4, 0.5) is 11.4 Å². The quantitative estimate of drug-likeness (QED) is 0.383. The lowest BCUT2D eigenvalue weighted by Crippen LogP contribution is -2.70. The fraction of sp³-hybridized carbons (Fsp3) is 0.364. The number of nitrogens with zero attached hydrogens (tertiary/aromatic N) is 3. The van der Waals surface area contributed by atoms with Crippen molar-refractivity contribution in [2.75, 3.05) is 30.4 Å². The van der Waals surface area contributed by atoms with Gasteiger partial charge in [0.15, 0.2) is 0 Å². The number of carbonyl (C=O) groups excluding carboxylic acids is 3. The Kier molecular flexibility index (Phi) is 8.28. The van der Waals surface area contributed by atoms with E-state index in [1.54, 1.807) is 30.2 Å². The van der Waals surface area contributed by atoms with Crippen LogP contribution in [-0.4, -0.2) is 59.9 Å². The molecule has 2 aliphatic heterocycles. The third kappa shape index (κ3) is 5.78. The summed E-state index contributed by atoms with van der Waals surface area (Å²) in [7, 11) is 1.63. The van der Waals surface area contributed by atoms with Crippen molar-refractivity contribution < 1.29 is 19.1 Å². The third-order valence-electron chi connectivity index (χ3n) is 7.69. The number of carbonyl (C=O) groups is 3. The van der Waals surface area contributed by atoms with Crippen molar-refractivity contribution in [2.24, 2.45) is 5.92 Å². The van der Waals surface area contributed by atoms with Gasteiger partial charge in [0.2, 0.25) is 5.91 Å². The molecule has 1 N–H and O–H groups in total. The SMILES string of the molecule is CCC[C@H]1C(=O)N(Cc2cccc(OC)c2)C[C@@H]2N(CC(C)C)c3ccc(NC(=O)c4ccccc4)cc3C(=O)N21. The molecule has 0 unspecified atom stereocenters. The molecule has 41 heavy (non-hydrogen) atoms. The fourth-order valence-electron chi connectivity index (χ4n) is 5.85.